The van der Waals surface area contributed by atoms with E-state index in [9.17, 15) is 16.8 Å². The molecule has 2 aromatic carbocycles. The van der Waals surface area contributed by atoms with E-state index in [0.29, 0.717) is 6.07 Å². The molecule has 0 amide bonds. The molecule has 2 aromatic rings. The van der Waals surface area contributed by atoms with Gasteiger partial charge in [0, 0.05) is 11.1 Å². The van der Waals surface area contributed by atoms with E-state index in [1.807, 2.05) is 0 Å². The van der Waals surface area contributed by atoms with Gasteiger partial charge in [0.15, 0.2) is 0 Å². The first-order valence-electron chi connectivity index (χ1n) is 4.87. The third kappa shape index (κ3) is 2.68. The SMILES string of the molecule is Nc1ccc2cc(S(=O)(=O)O)cc(S(=O)(=O)O)c2c1. The lowest BCUT2D eigenvalue weighted by Crippen LogP contribution is -2.04. The van der Waals surface area contributed by atoms with Gasteiger partial charge in [-0.2, -0.15) is 16.8 Å². The van der Waals surface area contributed by atoms with Crippen molar-refractivity contribution in [3.05, 3.63) is 30.3 Å². The van der Waals surface area contributed by atoms with Crippen molar-refractivity contribution in [1.29, 1.82) is 0 Å². The van der Waals surface area contributed by atoms with E-state index in [0.717, 1.165) is 6.07 Å². The number of rotatable bonds is 2. The number of hydrogen-bond donors (Lipinski definition) is 3. The van der Waals surface area contributed by atoms with Gasteiger partial charge in [-0.3, -0.25) is 9.11 Å². The molecule has 0 bridgehead atoms. The van der Waals surface area contributed by atoms with E-state index in [4.69, 9.17) is 14.8 Å². The van der Waals surface area contributed by atoms with E-state index in [2.05, 4.69) is 0 Å². The van der Waals surface area contributed by atoms with Gasteiger partial charge in [-0.05, 0) is 29.7 Å². The highest BCUT2D eigenvalue weighted by molar-refractivity contribution is 7.86. The van der Waals surface area contributed by atoms with Crippen LogP contribution in [0.4, 0.5) is 5.69 Å². The maximum Gasteiger partial charge on any atom is 0.295 e. The van der Waals surface area contributed by atoms with E-state index < -0.39 is 30.0 Å². The van der Waals surface area contributed by atoms with E-state index >= 15 is 0 Å². The van der Waals surface area contributed by atoms with Crippen LogP contribution in [-0.2, 0) is 20.2 Å². The summed E-state index contributed by atoms with van der Waals surface area (Å²) in [6.45, 7) is 0. The first kappa shape index (κ1) is 13.7. The van der Waals surface area contributed by atoms with Gasteiger partial charge >= 0.3 is 0 Å². The Hall–Kier alpha value is -1.68. The Kier molecular flexibility index (Phi) is 3.01. The summed E-state index contributed by atoms with van der Waals surface area (Å²) >= 11 is 0. The molecule has 0 unspecified atom stereocenters. The topological polar surface area (TPSA) is 135 Å². The minimum atomic E-state index is -4.66. The fraction of sp³-hybridized carbons (Fsp3) is 0. The minimum absolute atomic E-state index is 0.0647. The summed E-state index contributed by atoms with van der Waals surface area (Å²) in [4.78, 5) is -1.26. The van der Waals surface area contributed by atoms with E-state index in [-0.39, 0.29) is 16.5 Å². The molecule has 0 aromatic heterocycles. The highest BCUT2D eigenvalue weighted by atomic mass is 32.2. The van der Waals surface area contributed by atoms with Crippen LogP contribution in [-0.4, -0.2) is 25.9 Å². The van der Waals surface area contributed by atoms with E-state index in [1.165, 1.54) is 18.2 Å². The molecule has 0 heterocycles. The second kappa shape index (κ2) is 4.17. The zero-order valence-electron chi connectivity index (χ0n) is 9.31. The first-order valence-corrected chi connectivity index (χ1v) is 7.75. The normalized spacial score (nSPS) is 12.7. The van der Waals surface area contributed by atoms with Crippen LogP contribution < -0.4 is 5.73 Å². The molecule has 4 N–H and O–H groups in total. The second-order valence-electron chi connectivity index (χ2n) is 3.85. The van der Waals surface area contributed by atoms with Gasteiger partial charge in [0.2, 0.25) is 0 Å². The molecule has 19 heavy (non-hydrogen) atoms. The highest BCUT2D eigenvalue weighted by Gasteiger charge is 2.20. The Labute approximate surface area is 109 Å². The summed E-state index contributed by atoms with van der Waals surface area (Å²) < 4.78 is 62.8. The summed E-state index contributed by atoms with van der Waals surface area (Å²) in [5.74, 6) is 0. The number of hydrogen-bond acceptors (Lipinski definition) is 5. The summed E-state index contributed by atoms with van der Waals surface area (Å²) in [5.41, 5.74) is 5.76. The Morgan fingerprint density at radius 3 is 2.05 bits per heavy atom. The van der Waals surface area contributed by atoms with Gasteiger partial charge < -0.3 is 5.73 Å². The molecule has 0 saturated heterocycles. The Morgan fingerprint density at radius 1 is 0.895 bits per heavy atom. The van der Waals surface area contributed by atoms with Crippen LogP contribution in [0.1, 0.15) is 0 Å². The third-order valence-corrected chi connectivity index (χ3v) is 4.21. The Morgan fingerprint density at radius 2 is 1.53 bits per heavy atom. The lowest BCUT2D eigenvalue weighted by Gasteiger charge is -2.07. The molecule has 0 aliphatic heterocycles. The molecule has 0 radical (unpaired) electrons. The average molecular weight is 303 g/mol. The summed E-state index contributed by atoms with van der Waals surface area (Å²) in [5, 5.41) is 0.270. The predicted molar refractivity (Wildman–Crippen MR) is 68.0 cm³/mol. The highest BCUT2D eigenvalue weighted by Crippen LogP contribution is 2.28. The molecule has 0 fully saturated rings. The molecule has 7 nitrogen and oxygen atoms in total. The monoisotopic (exact) mass is 303 g/mol. The maximum absolute atomic E-state index is 11.3. The fourth-order valence-corrected chi connectivity index (χ4v) is 3.03. The quantitative estimate of drug-likeness (QED) is 0.554. The molecular formula is C10H9NO6S2. The van der Waals surface area contributed by atoms with Crippen LogP contribution in [0.5, 0.6) is 0 Å². The number of nitrogens with two attached hydrogens (primary N) is 1. The number of benzene rings is 2. The number of nitrogen functional groups attached to an aromatic ring is 1. The van der Waals surface area contributed by atoms with Crippen LogP contribution in [0, 0.1) is 0 Å². The molecule has 0 saturated carbocycles. The number of anilines is 1. The van der Waals surface area contributed by atoms with Crippen LogP contribution in [0.3, 0.4) is 0 Å². The lowest BCUT2D eigenvalue weighted by molar-refractivity contribution is 0.482. The molecule has 0 spiro atoms. The second-order valence-corrected chi connectivity index (χ2v) is 6.66. The molecule has 2 rings (SSSR count). The van der Waals surface area contributed by atoms with Crippen LogP contribution in [0.2, 0.25) is 0 Å². The molecule has 9 heteroatoms. The van der Waals surface area contributed by atoms with Crippen molar-refractivity contribution in [1.82, 2.24) is 0 Å². The van der Waals surface area contributed by atoms with Gasteiger partial charge in [-0.25, -0.2) is 0 Å². The lowest BCUT2D eigenvalue weighted by atomic mass is 10.1. The molecule has 0 atom stereocenters. The van der Waals surface area contributed by atoms with Gasteiger partial charge in [-0.15, -0.1) is 0 Å². The Balaban J connectivity index is 3.01. The average Bonchev–Trinajstić information content (AvgIpc) is 2.24. The van der Waals surface area contributed by atoms with Gasteiger partial charge in [0.05, 0.1) is 4.90 Å². The number of fused-ring (bicyclic) bond motifs is 1. The first-order chi connectivity index (χ1) is 8.59. The molecule has 0 aliphatic rings. The van der Waals surface area contributed by atoms with Crippen molar-refractivity contribution in [3.63, 3.8) is 0 Å². The summed E-state index contributed by atoms with van der Waals surface area (Å²) in [6, 6.07) is 5.86. The van der Waals surface area contributed by atoms with Crippen LogP contribution in [0.15, 0.2) is 40.1 Å². The minimum Gasteiger partial charge on any atom is -0.399 e. The summed E-state index contributed by atoms with van der Waals surface area (Å²) in [7, 11) is -9.25. The van der Waals surface area contributed by atoms with Crippen molar-refractivity contribution in [2.24, 2.45) is 0 Å². The van der Waals surface area contributed by atoms with Crippen molar-refractivity contribution in [2.45, 2.75) is 9.79 Å². The molecular weight excluding hydrogens is 294 g/mol. The zero-order chi connectivity index (χ0) is 14.4. The smallest absolute Gasteiger partial charge is 0.295 e. The fourth-order valence-electron chi connectivity index (χ4n) is 1.68. The van der Waals surface area contributed by atoms with Crippen LogP contribution >= 0.6 is 0 Å². The van der Waals surface area contributed by atoms with Crippen molar-refractivity contribution < 1.29 is 25.9 Å². The van der Waals surface area contributed by atoms with Gasteiger partial charge in [0.25, 0.3) is 20.2 Å². The molecule has 102 valence electrons. The third-order valence-electron chi connectivity index (χ3n) is 2.49. The maximum atomic E-state index is 11.3. The molecule has 0 aliphatic carbocycles. The van der Waals surface area contributed by atoms with Gasteiger partial charge in [-0.1, -0.05) is 6.07 Å². The zero-order valence-corrected chi connectivity index (χ0v) is 10.9. The summed E-state index contributed by atoms with van der Waals surface area (Å²) in [6.07, 6.45) is 0. The van der Waals surface area contributed by atoms with Gasteiger partial charge in [0.1, 0.15) is 4.90 Å². The van der Waals surface area contributed by atoms with E-state index in [1.54, 1.807) is 0 Å². The van der Waals surface area contributed by atoms with Crippen molar-refractivity contribution >= 4 is 36.7 Å². The predicted octanol–water partition coefficient (Wildman–Crippen LogP) is 0.915. The van der Waals surface area contributed by atoms with Crippen LogP contribution in [0.25, 0.3) is 10.8 Å². The largest absolute Gasteiger partial charge is 0.399 e. The van der Waals surface area contributed by atoms with Crippen molar-refractivity contribution in [3.8, 4) is 0 Å². The Bertz CT molecular complexity index is 870. The standard InChI is InChI=1S/C10H9NO6S2/c11-7-2-1-6-3-8(18(12,13)14)5-10(9(6)4-7)19(15,16)17/h1-5H,11H2,(H,12,13,14)(H,15,16,17). The van der Waals surface area contributed by atoms with Crippen molar-refractivity contribution in [2.75, 3.05) is 5.73 Å².